The van der Waals surface area contributed by atoms with E-state index in [0.717, 1.165) is 11.3 Å². The lowest BCUT2D eigenvalue weighted by Gasteiger charge is -2.13. The Morgan fingerprint density at radius 2 is 2.20 bits per heavy atom. The molecule has 110 valence electrons. The third-order valence-electron chi connectivity index (χ3n) is 2.25. The lowest BCUT2D eigenvalue weighted by molar-refractivity contribution is -0.139. The van der Waals surface area contributed by atoms with Crippen LogP contribution < -0.4 is 10.6 Å². The molecule has 20 heavy (non-hydrogen) atoms. The Morgan fingerprint density at radius 1 is 1.50 bits per heavy atom. The normalized spacial score (nSPS) is 11.7. The molecule has 1 atom stereocenters. The molecule has 0 radical (unpaired) electrons. The van der Waals surface area contributed by atoms with Gasteiger partial charge in [0.15, 0.2) is 5.13 Å². The number of hydrogen-bond acceptors (Lipinski definition) is 6. The highest BCUT2D eigenvalue weighted by Gasteiger charge is 2.16. The van der Waals surface area contributed by atoms with Crippen LogP contribution in [0.5, 0.6) is 0 Å². The Kier molecular flexibility index (Phi) is 6.07. The highest BCUT2D eigenvalue weighted by molar-refractivity contribution is 7.14. The number of anilines is 1. The molecule has 0 aliphatic heterocycles. The van der Waals surface area contributed by atoms with E-state index in [2.05, 4.69) is 15.6 Å². The molecule has 2 amide bonds. The molecule has 0 bridgehead atoms. The van der Waals surface area contributed by atoms with Crippen LogP contribution in [0.3, 0.4) is 0 Å². The Labute approximate surface area is 119 Å². The zero-order valence-electron chi connectivity index (χ0n) is 11.0. The standard InChI is InChI=1S/C11H15N3O5S/c1-6(15)13-11-14-8(5-20-11)10(18)12-4-7(19-2)3-9(16)17/h5,7H,3-4H2,1-2H3,(H,12,18)(H,16,17)(H,13,14,15). The Bertz CT molecular complexity index is 502. The summed E-state index contributed by atoms with van der Waals surface area (Å²) >= 11 is 1.13. The zero-order valence-corrected chi connectivity index (χ0v) is 11.8. The van der Waals surface area contributed by atoms with Crippen LogP contribution in [-0.2, 0) is 14.3 Å². The molecule has 1 unspecified atom stereocenters. The van der Waals surface area contributed by atoms with Crippen molar-refractivity contribution in [1.82, 2.24) is 10.3 Å². The number of hydrogen-bond donors (Lipinski definition) is 3. The topological polar surface area (TPSA) is 118 Å². The highest BCUT2D eigenvalue weighted by Crippen LogP contribution is 2.15. The summed E-state index contributed by atoms with van der Waals surface area (Å²) in [6.07, 6.45) is -0.810. The molecule has 0 saturated carbocycles. The van der Waals surface area contributed by atoms with Crippen molar-refractivity contribution in [2.75, 3.05) is 19.0 Å². The van der Waals surface area contributed by atoms with Crippen LogP contribution in [0.2, 0.25) is 0 Å². The first-order chi connectivity index (χ1) is 9.42. The average molecular weight is 301 g/mol. The molecule has 0 spiro atoms. The van der Waals surface area contributed by atoms with Crippen molar-refractivity contribution in [2.24, 2.45) is 0 Å². The monoisotopic (exact) mass is 301 g/mol. The number of nitrogens with zero attached hydrogens (tertiary/aromatic N) is 1. The van der Waals surface area contributed by atoms with Crippen molar-refractivity contribution in [3.63, 3.8) is 0 Å². The van der Waals surface area contributed by atoms with Crippen LogP contribution in [0, 0.1) is 0 Å². The van der Waals surface area contributed by atoms with Crippen molar-refractivity contribution in [2.45, 2.75) is 19.4 Å². The van der Waals surface area contributed by atoms with Gasteiger partial charge in [-0.3, -0.25) is 14.4 Å². The van der Waals surface area contributed by atoms with Gasteiger partial charge in [0, 0.05) is 26.0 Å². The molecule has 0 fully saturated rings. The fraction of sp³-hybridized carbons (Fsp3) is 0.455. The number of aromatic nitrogens is 1. The second kappa shape index (κ2) is 7.56. The molecule has 1 aromatic heterocycles. The number of carbonyl (C=O) groups excluding carboxylic acids is 2. The van der Waals surface area contributed by atoms with Gasteiger partial charge in [-0.25, -0.2) is 4.98 Å². The van der Waals surface area contributed by atoms with Gasteiger partial charge in [-0.2, -0.15) is 0 Å². The van der Waals surface area contributed by atoms with Crippen molar-refractivity contribution in [1.29, 1.82) is 0 Å². The van der Waals surface area contributed by atoms with Crippen LogP contribution in [0.25, 0.3) is 0 Å². The summed E-state index contributed by atoms with van der Waals surface area (Å²) in [5.41, 5.74) is 0.156. The maximum Gasteiger partial charge on any atom is 0.306 e. The van der Waals surface area contributed by atoms with Gasteiger partial charge in [0.05, 0.1) is 12.5 Å². The van der Waals surface area contributed by atoms with Gasteiger partial charge in [0.1, 0.15) is 5.69 Å². The van der Waals surface area contributed by atoms with E-state index in [1.165, 1.54) is 19.4 Å². The van der Waals surface area contributed by atoms with Crippen LogP contribution >= 0.6 is 11.3 Å². The van der Waals surface area contributed by atoms with Crippen LogP contribution in [0.15, 0.2) is 5.38 Å². The fourth-order valence-corrected chi connectivity index (χ4v) is 2.05. The Morgan fingerprint density at radius 3 is 2.75 bits per heavy atom. The van der Waals surface area contributed by atoms with Gasteiger partial charge in [-0.1, -0.05) is 0 Å². The molecule has 1 aromatic rings. The van der Waals surface area contributed by atoms with Crippen LogP contribution in [-0.4, -0.2) is 47.6 Å². The first kappa shape index (κ1) is 16.1. The number of thiazole rings is 1. The minimum absolute atomic E-state index is 0.0641. The Hall–Kier alpha value is -2.00. The van der Waals surface area contributed by atoms with Crippen molar-refractivity contribution in [3.8, 4) is 0 Å². The minimum Gasteiger partial charge on any atom is -0.481 e. The van der Waals surface area contributed by atoms with Crippen molar-refractivity contribution >= 4 is 34.3 Å². The van der Waals surface area contributed by atoms with Gasteiger partial charge >= 0.3 is 5.97 Å². The molecule has 0 aliphatic rings. The second-order valence-corrected chi connectivity index (χ2v) is 4.74. The predicted molar refractivity (Wildman–Crippen MR) is 71.8 cm³/mol. The van der Waals surface area contributed by atoms with Crippen molar-refractivity contribution < 1.29 is 24.2 Å². The molecule has 0 saturated heterocycles. The number of nitrogens with one attached hydrogen (secondary N) is 2. The Balaban J connectivity index is 2.51. The average Bonchev–Trinajstić information content (AvgIpc) is 2.81. The summed E-state index contributed by atoms with van der Waals surface area (Å²) in [6, 6.07) is 0. The molecule has 9 heteroatoms. The van der Waals surface area contributed by atoms with Crippen LogP contribution in [0.4, 0.5) is 5.13 Å². The predicted octanol–water partition coefficient (Wildman–Crippen LogP) is 0.321. The molecule has 3 N–H and O–H groups in total. The van der Waals surface area contributed by atoms with Gasteiger partial charge in [0.25, 0.3) is 5.91 Å². The number of carboxylic acids is 1. The highest BCUT2D eigenvalue weighted by atomic mass is 32.1. The largest absolute Gasteiger partial charge is 0.481 e. The molecule has 0 aromatic carbocycles. The zero-order chi connectivity index (χ0) is 15.1. The van der Waals surface area contributed by atoms with Gasteiger partial charge in [-0.05, 0) is 0 Å². The van der Waals surface area contributed by atoms with E-state index < -0.39 is 18.0 Å². The number of methoxy groups -OCH3 is 1. The van der Waals surface area contributed by atoms with E-state index in [0.29, 0.717) is 5.13 Å². The van der Waals surface area contributed by atoms with E-state index >= 15 is 0 Å². The minimum atomic E-state index is -1.01. The molecular formula is C11H15N3O5S. The summed E-state index contributed by atoms with van der Waals surface area (Å²) in [6.45, 7) is 1.41. The number of rotatable bonds is 7. The second-order valence-electron chi connectivity index (χ2n) is 3.88. The number of carbonyl (C=O) groups is 3. The lowest BCUT2D eigenvalue weighted by atomic mass is 10.2. The maximum absolute atomic E-state index is 11.8. The summed E-state index contributed by atoms with van der Waals surface area (Å²) in [4.78, 5) is 37.1. The number of ether oxygens (including phenoxy) is 1. The molecule has 1 heterocycles. The quantitative estimate of drug-likeness (QED) is 0.667. The number of aliphatic carboxylic acids is 1. The van der Waals surface area contributed by atoms with Crippen molar-refractivity contribution in [3.05, 3.63) is 11.1 Å². The summed E-state index contributed by atoms with van der Waals surface area (Å²) in [7, 11) is 1.37. The van der Waals surface area contributed by atoms with Gasteiger partial charge in [0.2, 0.25) is 5.91 Å². The molecule has 8 nitrogen and oxygen atoms in total. The van der Waals surface area contributed by atoms with E-state index in [1.807, 2.05) is 0 Å². The fourth-order valence-electron chi connectivity index (χ4n) is 1.32. The lowest BCUT2D eigenvalue weighted by Crippen LogP contribution is -2.34. The maximum atomic E-state index is 11.8. The smallest absolute Gasteiger partial charge is 0.306 e. The van der Waals surface area contributed by atoms with Gasteiger partial charge < -0.3 is 20.5 Å². The third kappa shape index (κ3) is 5.33. The SMILES string of the molecule is COC(CNC(=O)c1csc(NC(C)=O)n1)CC(=O)O. The molecular weight excluding hydrogens is 286 g/mol. The van der Waals surface area contributed by atoms with E-state index in [4.69, 9.17) is 9.84 Å². The summed E-state index contributed by atoms with van der Waals surface area (Å²) in [5, 5.41) is 15.5. The summed E-state index contributed by atoms with van der Waals surface area (Å²) < 4.78 is 4.93. The number of amides is 2. The first-order valence-corrected chi connectivity index (χ1v) is 6.56. The van der Waals surface area contributed by atoms with E-state index in [1.54, 1.807) is 0 Å². The molecule has 0 aliphatic carbocycles. The van der Waals surface area contributed by atoms with E-state index in [9.17, 15) is 14.4 Å². The molecule has 1 rings (SSSR count). The first-order valence-electron chi connectivity index (χ1n) is 5.68. The van der Waals surface area contributed by atoms with Crippen LogP contribution in [0.1, 0.15) is 23.8 Å². The van der Waals surface area contributed by atoms with Gasteiger partial charge in [-0.15, -0.1) is 11.3 Å². The number of carboxylic acid groups (broad SMARTS) is 1. The van der Waals surface area contributed by atoms with E-state index in [-0.39, 0.29) is 24.6 Å². The third-order valence-corrected chi connectivity index (χ3v) is 3.00. The summed E-state index contributed by atoms with van der Waals surface area (Å²) in [5.74, 6) is -1.73.